The van der Waals surface area contributed by atoms with Crippen LogP contribution in [0.15, 0.2) is 18.3 Å². The summed E-state index contributed by atoms with van der Waals surface area (Å²) in [6.07, 6.45) is 1.93. The molecule has 0 spiro atoms. The summed E-state index contributed by atoms with van der Waals surface area (Å²) < 4.78 is 4.93. The third-order valence-electron chi connectivity index (χ3n) is 3.01. The molecule has 1 aromatic rings. The molecule has 8 nitrogen and oxygen atoms in total. The molecule has 1 aromatic heterocycles. The van der Waals surface area contributed by atoms with E-state index >= 15 is 0 Å². The lowest BCUT2D eigenvalue weighted by atomic mass is 10.1. The number of pyridine rings is 1. The standard InChI is InChI=1S/C11H14N4O4/c12-11(16)19-9-3-5-14(6-4-9)8-1-2-10(13-7-8)15(17)18/h1-2,7,9H,3-6H2,(H2,12,16). The SMILES string of the molecule is NC(=O)OC1CCN(c2ccc([N+](=O)[O-])nc2)CC1. The Kier molecular flexibility index (Phi) is 3.79. The van der Waals surface area contributed by atoms with Gasteiger partial charge >= 0.3 is 11.9 Å². The maximum atomic E-state index is 10.6. The van der Waals surface area contributed by atoms with E-state index in [0.29, 0.717) is 25.9 Å². The Balaban J connectivity index is 1.94. The smallest absolute Gasteiger partial charge is 0.404 e. The van der Waals surface area contributed by atoms with Crippen molar-refractivity contribution in [1.29, 1.82) is 0 Å². The van der Waals surface area contributed by atoms with Gasteiger partial charge in [0.25, 0.3) is 0 Å². The number of nitrogens with zero attached hydrogens (tertiary/aromatic N) is 3. The van der Waals surface area contributed by atoms with Gasteiger partial charge in [-0.15, -0.1) is 0 Å². The molecule has 0 aromatic carbocycles. The Morgan fingerprint density at radius 2 is 2.16 bits per heavy atom. The van der Waals surface area contributed by atoms with Gasteiger partial charge in [-0.3, -0.25) is 0 Å². The number of nitro groups is 1. The van der Waals surface area contributed by atoms with Crippen LogP contribution in [0.4, 0.5) is 16.3 Å². The number of anilines is 1. The predicted molar refractivity (Wildman–Crippen MR) is 66.8 cm³/mol. The van der Waals surface area contributed by atoms with E-state index in [0.717, 1.165) is 5.69 Å². The van der Waals surface area contributed by atoms with Crippen LogP contribution in [0.1, 0.15) is 12.8 Å². The number of aromatic nitrogens is 1. The van der Waals surface area contributed by atoms with Gasteiger partial charge in [0.05, 0.1) is 5.69 Å². The summed E-state index contributed by atoms with van der Waals surface area (Å²) in [6.45, 7) is 1.38. The second-order valence-corrected chi connectivity index (χ2v) is 4.26. The molecule has 1 aliphatic heterocycles. The average molecular weight is 266 g/mol. The summed E-state index contributed by atoms with van der Waals surface area (Å²) in [6, 6.07) is 3.04. The van der Waals surface area contributed by atoms with Crippen LogP contribution in [-0.2, 0) is 4.74 Å². The summed E-state index contributed by atoms with van der Waals surface area (Å²) in [5.74, 6) is -0.171. The van der Waals surface area contributed by atoms with Crippen LogP contribution in [0.3, 0.4) is 0 Å². The van der Waals surface area contributed by atoms with E-state index in [1.807, 2.05) is 4.90 Å². The van der Waals surface area contributed by atoms with E-state index in [2.05, 4.69) is 4.98 Å². The highest BCUT2D eigenvalue weighted by Gasteiger charge is 2.22. The van der Waals surface area contributed by atoms with Crippen LogP contribution in [0.25, 0.3) is 0 Å². The molecule has 0 bridgehead atoms. The second kappa shape index (κ2) is 5.51. The molecule has 2 heterocycles. The monoisotopic (exact) mass is 266 g/mol. The zero-order chi connectivity index (χ0) is 13.8. The number of ether oxygens (including phenoxy) is 1. The van der Waals surface area contributed by atoms with Gasteiger partial charge in [0.1, 0.15) is 6.10 Å². The first-order valence-corrected chi connectivity index (χ1v) is 5.88. The number of hydrogen-bond donors (Lipinski definition) is 1. The van der Waals surface area contributed by atoms with E-state index in [-0.39, 0.29) is 11.9 Å². The predicted octanol–water partition coefficient (Wildman–Crippen LogP) is 1.05. The van der Waals surface area contributed by atoms with Crippen molar-refractivity contribution in [2.45, 2.75) is 18.9 Å². The first-order chi connectivity index (χ1) is 9.06. The van der Waals surface area contributed by atoms with Crippen molar-refractivity contribution >= 4 is 17.6 Å². The lowest BCUT2D eigenvalue weighted by Crippen LogP contribution is -2.38. The largest absolute Gasteiger partial charge is 0.446 e. The molecule has 0 saturated carbocycles. The molecule has 0 atom stereocenters. The van der Waals surface area contributed by atoms with Gasteiger partial charge in [0.2, 0.25) is 0 Å². The molecule has 2 rings (SSSR count). The summed E-state index contributed by atoms with van der Waals surface area (Å²) in [7, 11) is 0. The number of rotatable bonds is 3. The molecule has 1 aliphatic rings. The van der Waals surface area contributed by atoms with Crippen molar-refractivity contribution < 1.29 is 14.5 Å². The van der Waals surface area contributed by atoms with Gasteiger partial charge in [-0.1, -0.05) is 0 Å². The molecule has 1 saturated heterocycles. The van der Waals surface area contributed by atoms with E-state index < -0.39 is 11.0 Å². The van der Waals surface area contributed by atoms with Crippen LogP contribution in [0, 0.1) is 10.1 Å². The van der Waals surface area contributed by atoms with Crippen molar-refractivity contribution in [3.8, 4) is 0 Å². The zero-order valence-electron chi connectivity index (χ0n) is 10.2. The van der Waals surface area contributed by atoms with E-state index in [4.69, 9.17) is 10.5 Å². The van der Waals surface area contributed by atoms with Gasteiger partial charge < -0.3 is 25.5 Å². The number of hydrogen-bond acceptors (Lipinski definition) is 6. The molecule has 1 amide bonds. The fourth-order valence-corrected chi connectivity index (χ4v) is 2.07. The van der Waals surface area contributed by atoms with Gasteiger partial charge in [-0.05, 0) is 16.0 Å². The van der Waals surface area contributed by atoms with Crippen molar-refractivity contribution in [3.05, 3.63) is 28.4 Å². The Labute approximate surface area is 109 Å². The molecule has 102 valence electrons. The highest BCUT2D eigenvalue weighted by atomic mass is 16.6. The number of carbonyl (C=O) groups excluding carboxylic acids is 1. The van der Waals surface area contributed by atoms with E-state index in [1.165, 1.54) is 12.3 Å². The fourth-order valence-electron chi connectivity index (χ4n) is 2.07. The lowest BCUT2D eigenvalue weighted by Gasteiger charge is -2.32. The van der Waals surface area contributed by atoms with Gasteiger partial charge in [0.15, 0.2) is 6.20 Å². The fraction of sp³-hybridized carbons (Fsp3) is 0.455. The van der Waals surface area contributed by atoms with Crippen LogP contribution in [0.5, 0.6) is 0 Å². The Morgan fingerprint density at radius 1 is 1.47 bits per heavy atom. The first kappa shape index (κ1) is 13.1. The Hall–Kier alpha value is -2.38. The number of amides is 1. The normalized spacial score (nSPS) is 16.1. The topological polar surface area (TPSA) is 112 Å². The van der Waals surface area contributed by atoms with Crippen molar-refractivity contribution in [2.75, 3.05) is 18.0 Å². The molecule has 0 radical (unpaired) electrons. The van der Waals surface area contributed by atoms with Crippen LogP contribution in [-0.4, -0.2) is 35.2 Å². The lowest BCUT2D eigenvalue weighted by molar-refractivity contribution is -0.389. The zero-order valence-corrected chi connectivity index (χ0v) is 10.2. The summed E-state index contributed by atoms with van der Waals surface area (Å²) >= 11 is 0. The second-order valence-electron chi connectivity index (χ2n) is 4.26. The number of piperidine rings is 1. The third-order valence-corrected chi connectivity index (χ3v) is 3.01. The van der Waals surface area contributed by atoms with Gasteiger partial charge in [-0.25, -0.2) is 4.79 Å². The molecular weight excluding hydrogens is 252 g/mol. The molecule has 2 N–H and O–H groups in total. The first-order valence-electron chi connectivity index (χ1n) is 5.88. The minimum Gasteiger partial charge on any atom is -0.446 e. The van der Waals surface area contributed by atoms with Gasteiger partial charge in [-0.2, -0.15) is 0 Å². The molecule has 0 aliphatic carbocycles. The molecule has 0 unspecified atom stereocenters. The van der Waals surface area contributed by atoms with Crippen LogP contribution in [0.2, 0.25) is 0 Å². The van der Waals surface area contributed by atoms with Crippen molar-refractivity contribution in [2.24, 2.45) is 5.73 Å². The quantitative estimate of drug-likeness (QED) is 0.646. The maximum Gasteiger partial charge on any atom is 0.404 e. The van der Waals surface area contributed by atoms with E-state index in [9.17, 15) is 14.9 Å². The highest BCUT2D eigenvalue weighted by Crippen LogP contribution is 2.22. The Morgan fingerprint density at radius 3 is 2.63 bits per heavy atom. The summed E-state index contributed by atoms with van der Waals surface area (Å²) in [4.78, 5) is 26.4. The Bertz CT molecular complexity index is 468. The van der Waals surface area contributed by atoms with E-state index in [1.54, 1.807) is 6.07 Å². The van der Waals surface area contributed by atoms with Gasteiger partial charge in [0, 0.05) is 32.0 Å². The summed E-state index contributed by atoms with van der Waals surface area (Å²) in [5.41, 5.74) is 5.79. The minimum absolute atomic E-state index is 0.153. The number of carbonyl (C=O) groups is 1. The van der Waals surface area contributed by atoms with Crippen molar-refractivity contribution in [1.82, 2.24) is 4.98 Å². The van der Waals surface area contributed by atoms with Crippen molar-refractivity contribution in [3.63, 3.8) is 0 Å². The summed E-state index contributed by atoms with van der Waals surface area (Å²) in [5, 5.41) is 10.5. The van der Waals surface area contributed by atoms with Crippen LogP contribution >= 0.6 is 0 Å². The average Bonchev–Trinajstić information content (AvgIpc) is 2.39. The minimum atomic E-state index is -0.754. The molecule has 8 heteroatoms. The third kappa shape index (κ3) is 3.30. The molecule has 1 fully saturated rings. The molecular formula is C11H14N4O4. The number of nitrogens with two attached hydrogens (primary N) is 1. The number of primary amides is 1. The maximum absolute atomic E-state index is 10.6. The van der Waals surface area contributed by atoms with Crippen LogP contribution < -0.4 is 10.6 Å². The highest BCUT2D eigenvalue weighted by molar-refractivity contribution is 5.64. The molecule has 19 heavy (non-hydrogen) atoms.